The van der Waals surface area contributed by atoms with E-state index in [4.69, 9.17) is 5.73 Å². The predicted octanol–water partition coefficient (Wildman–Crippen LogP) is -0.796. The number of carbonyl (C=O) groups is 2. The van der Waals surface area contributed by atoms with Crippen molar-refractivity contribution in [2.45, 2.75) is 19.9 Å². The lowest BCUT2D eigenvalue weighted by molar-refractivity contribution is -0.121. The fourth-order valence-corrected chi connectivity index (χ4v) is 0.652. The van der Waals surface area contributed by atoms with Crippen molar-refractivity contribution in [1.29, 1.82) is 0 Å². The molecule has 0 saturated carbocycles. The smallest absolute Gasteiger partial charge is 0.370 e. The average molecular weight is 186 g/mol. The first kappa shape index (κ1) is 12.0. The first-order valence-electron chi connectivity index (χ1n) is 4.09. The molecule has 0 fully saturated rings. The van der Waals surface area contributed by atoms with Gasteiger partial charge in [0, 0.05) is 0 Å². The number of hydrogen-bond acceptors (Lipinski definition) is 4. The van der Waals surface area contributed by atoms with Crippen molar-refractivity contribution in [2.75, 3.05) is 7.11 Å². The number of hydrogen-bond donors (Lipinski definition) is 2. The summed E-state index contributed by atoms with van der Waals surface area (Å²) in [6.07, 6.45) is 0. The van der Waals surface area contributed by atoms with E-state index in [1.54, 1.807) is 0 Å². The van der Waals surface area contributed by atoms with Crippen molar-refractivity contribution in [1.82, 2.24) is 5.23 Å². The molecule has 5 nitrogen and oxygen atoms in total. The molecule has 0 aromatic rings. The van der Waals surface area contributed by atoms with Crippen molar-refractivity contribution in [3.8, 4) is 0 Å². The maximum absolute atomic E-state index is 11.2. The zero-order valence-electron chi connectivity index (χ0n) is 8.16. The Bertz CT molecular complexity index is 196. The molecule has 0 bridgehead atoms. The predicted molar refractivity (Wildman–Crippen MR) is 50.5 cm³/mol. The van der Waals surface area contributed by atoms with Gasteiger partial charge in [-0.2, -0.15) is 0 Å². The van der Waals surface area contributed by atoms with E-state index in [0.717, 1.165) is 0 Å². The van der Waals surface area contributed by atoms with Gasteiger partial charge in [0.25, 0.3) is 5.87 Å². The number of nitrogens with one attached hydrogen (secondary N) is 1. The van der Waals surface area contributed by atoms with Crippen molar-refractivity contribution >= 4 is 19.2 Å². The van der Waals surface area contributed by atoms with E-state index in [2.05, 4.69) is 9.96 Å². The van der Waals surface area contributed by atoms with E-state index in [0.29, 0.717) is 0 Å². The molecule has 3 N–H and O–H groups in total. The minimum Gasteiger partial charge on any atom is -0.475 e. The van der Waals surface area contributed by atoms with E-state index >= 15 is 0 Å². The van der Waals surface area contributed by atoms with Crippen LogP contribution in [0.3, 0.4) is 0 Å². The monoisotopic (exact) mass is 186 g/mol. The van der Waals surface area contributed by atoms with Crippen molar-refractivity contribution in [2.24, 2.45) is 11.7 Å². The summed E-state index contributed by atoms with van der Waals surface area (Å²) in [5.41, 5.74) is 5.52. The third-order valence-corrected chi connectivity index (χ3v) is 1.66. The minimum atomic E-state index is -0.579. The molecule has 0 heterocycles. The van der Waals surface area contributed by atoms with Gasteiger partial charge in [0.15, 0.2) is 0 Å². The van der Waals surface area contributed by atoms with Gasteiger partial charge in [-0.1, -0.05) is 13.8 Å². The summed E-state index contributed by atoms with van der Waals surface area (Å²) >= 11 is 0. The summed E-state index contributed by atoms with van der Waals surface area (Å²) in [4.78, 5) is 21.8. The van der Waals surface area contributed by atoms with Crippen LogP contribution in [0.15, 0.2) is 0 Å². The lowest BCUT2D eigenvalue weighted by Crippen LogP contribution is -2.46. The molecular formula is C7H15BN2O3. The molecule has 74 valence electrons. The first-order chi connectivity index (χ1) is 5.99. The number of amides is 1. The molecule has 0 radical (unpaired) electrons. The summed E-state index contributed by atoms with van der Waals surface area (Å²) in [6.45, 7) is 3.67. The third kappa shape index (κ3) is 4.52. The molecule has 0 spiro atoms. The van der Waals surface area contributed by atoms with Crippen LogP contribution in [0.2, 0.25) is 0 Å². The maximum Gasteiger partial charge on any atom is 0.370 e. The molecular weight excluding hydrogens is 171 g/mol. The summed E-state index contributed by atoms with van der Waals surface area (Å²) in [7, 11) is 1.13. The average Bonchev–Trinajstić information content (AvgIpc) is 2.11. The van der Waals surface area contributed by atoms with Crippen LogP contribution in [-0.4, -0.2) is 32.3 Å². The minimum absolute atomic E-state index is 0.0534. The molecule has 0 rings (SSSR count). The Balaban J connectivity index is 3.81. The van der Waals surface area contributed by atoms with Crippen LogP contribution in [0.4, 0.5) is 4.79 Å². The maximum atomic E-state index is 11.2. The molecule has 0 aromatic carbocycles. The quantitative estimate of drug-likeness (QED) is 0.563. The van der Waals surface area contributed by atoms with E-state index in [1.165, 1.54) is 7.11 Å². The van der Waals surface area contributed by atoms with Crippen LogP contribution in [0.5, 0.6) is 0 Å². The van der Waals surface area contributed by atoms with Crippen LogP contribution in [0.25, 0.3) is 0 Å². The molecule has 13 heavy (non-hydrogen) atoms. The van der Waals surface area contributed by atoms with Crippen LogP contribution in [0.1, 0.15) is 13.8 Å². The standard InChI is InChI=1S/C7H15BN2O3/c1-4(2)5(9)6(11)10-8-7(12)13-3/h4-5,8H,9H2,1-3H3,(H,10,11). The number of methoxy groups -OCH3 is 1. The van der Waals surface area contributed by atoms with Crippen molar-refractivity contribution < 1.29 is 14.3 Å². The number of rotatable bonds is 4. The Labute approximate surface area is 78.3 Å². The molecule has 6 heteroatoms. The van der Waals surface area contributed by atoms with Crippen molar-refractivity contribution in [3.05, 3.63) is 0 Å². The highest BCUT2D eigenvalue weighted by atomic mass is 16.5. The highest BCUT2D eigenvalue weighted by molar-refractivity contribution is 6.71. The van der Waals surface area contributed by atoms with E-state index in [1.807, 2.05) is 13.8 Å². The third-order valence-electron chi connectivity index (χ3n) is 1.66. The number of ether oxygens (including phenoxy) is 1. The van der Waals surface area contributed by atoms with Gasteiger partial charge in [0.1, 0.15) is 0 Å². The Morgan fingerprint density at radius 3 is 2.38 bits per heavy atom. The topological polar surface area (TPSA) is 81.4 Å². The van der Waals surface area contributed by atoms with Crippen LogP contribution < -0.4 is 11.0 Å². The van der Waals surface area contributed by atoms with Gasteiger partial charge in [-0.05, 0) is 5.92 Å². The molecule has 1 amide bonds. The molecule has 0 saturated heterocycles. The largest absolute Gasteiger partial charge is 0.475 e. The molecule has 1 unspecified atom stereocenters. The number of nitrogens with two attached hydrogens (primary N) is 1. The molecule has 1 atom stereocenters. The van der Waals surface area contributed by atoms with Gasteiger partial charge in [0.05, 0.1) is 13.2 Å². The fourth-order valence-electron chi connectivity index (χ4n) is 0.652. The van der Waals surface area contributed by atoms with E-state index < -0.39 is 11.9 Å². The molecule has 0 aromatic heterocycles. The van der Waals surface area contributed by atoms with Gasteiger partial charge in [-0.15, -0.1) is 0 Å². The lowest BCUT2D eigenvalue weighted by Gasteiger charge is -2.14. The Hall–Kier alpha value is -1.04. The molecule has 0 aliphatic rings. The zero-order valence-corrected chi connectivity index (χ0v) is 8.16. The Morgan fingerprint density at radius 2 is 2.00 bits per heavy atom. The highest BCUT2D eigenvalue weighted by Gasteiger charge is 2.18. The van der Waals surface area contributed by atoms with Gasteiger partial charge in [-0.3, -0.25) is 9.59 Å². The van der Waals surface area contributed by atoms with Gasteiger partial charge < -0.3 is 15.7 Å². The van der Waals surface area contributed by atoms with Gasteiger partial charge in [-0.25, -0.2) is 0 Å². The lowest BCUT2D eigenvalue weighted by atomic mass is 9.93. The zero-order chi connectivity index (χ0) is 10.4. The summed E-state index contributed by atoms with van der Waals surface area (Å²) < 4.78 is 4.35. The fraction of sp³-hybridized carbons (Fsp3) is 0.714. The number of carbonyl (C=O) groups excluding carboxylic acids is 2. The van der Waals surface area contributed by atoms with Crippen LogP contribution in [-0.2, 0) is 9.53 Å². The summed E-state index contributed by atoms with van der Waals surface area (Å²) in [5.74, 6) is -0.762. The Kier molecular flexibility index (Phi) is 5.14. The second-order valence-corrected chi connectivity index (χ2v) is 3.06. The second kappa shape index (κ2) is 5.58. The van der Waals surface area contributed by atoms with Crippen molar-refractivity contribution in [3.63, 3.8) is 0 Å². The van der Waals surface area contributed by atoms with E-state index in [-0.39, 0.29) is 19.2 Å². The summed E-state index contributed by atoms with van der Waals surface area (Å²) in [6, 6.07) is -0.579. The summed E-state index contributed by atoms with van der Waals surface area (Å²) in [5, 5.41) is 2.38. The SMILES string of the molecule is COC(=O)BNC(=O)C(N)C(C)C. The second-order valence-electron chi connectivity index (χ2n) is 3.06. The first-order valence-corrected chi connectivity index (χ1v) is 4.09. The van der Waals surface area contributed by atoms with E-state index in [9.17, 15) is 9.59 Å². The van der Waals surface area contributed by atoms with Crippen LogP contribution >= 0.6 is 0 Å². The Morgan fingerprint density at radius 1 is 1.46 bits per heavy atom. The molecule has 0 aliphatic heterocycles. The highest BCUT2D eigenvalue weighted by Crippen LogP contribution is 1.96. The van der Waals surface area contributed by atoms with Gasteiger partial charge in [0.2, 0.25) is 5.91 Å². The van der Waals surface area contributed by atoms with Gasteiger partial charge >= 0.3 is 7.41 Å². The van der Waals surface area contributed by atoms with Crippen LogP contribution in [0, 0.1) is 5.92 Å². The normalized spacial score (nSPS) is 12.1. The molecule has 0 aliphatic carbocycles.